The summed E-state index contributed by atoms with van der Waals surface area (Å²) in [4.78, 5) is 13.4. The number of methoxy groups -OCH3 is 4. The number of fused-ring (bicyclic) bond motifs is 1. The molecule has 0 aromatic heterocycles. The number of hydrogen-bond acceptors (Lipinski definition) is 8. The predicted molar refractivity (Wildman–Crippen MR) is 154 cm³/mol. The Morgan fingerprint density at radius 3 is 2.11 bits per heavy atom. The van der Waals surface area contributed by atoms with Crippen molar-refractivity contribution in [3.8, 4) is 34.5 Å². The van der Waals surface area contributed by atoms with Crippen LogP contribution in [0.2, 0.25) is 0 Å². The molecule has 2 aromatic rings. The number of carbonyl (C=O) groups excluding carboxylic acids is 1. The van der Waals surface area contributed by atoms with Gasteiger partial charge < -0.3 is 27.9 Å². The van der Waals surface area contributed by atoms with Gasteiger partial charge in [-0.05, 0) is 74.4 Å². The van der Waals surface area contributed by atoms with Crippen molar-refractivity contribution in [2.24, 2.45) is 0 Å². The molecule has 37 heavy (non-hydrogen) atoms. The first-order chi connectivity index (χ1) is 17.4. The van der Waals surface area contributed by atoms with Crippen molar-refractivity contribution in [1.29, 1.82) is 0 Å². The molecule has 1 aliphatic rings. The Kier molecular flexibility index (Phi) is 8.90. The Balaban J connectivity index is 2.29. The first kappa shape index (κ1) is 28.9. The molecule has 0 radical (unpaired) electrons. The fourth-order valence-electron chi connectivity index (χ4n) is 3.67. The highest BCUT2D eigenvalue weighted by Crippen LogP contribution is 2.56. The Morgan fingerprint density at radius 1 is 0.919 bits per heavy atom. The number of ether oxygens (including phenoxy) is 5. The van der Waals surface area contributed by atoms with Crippen LogP contribution < -0.4 is 27.9 Å². The van der Waals surface area contributed by atoms with E-state index < -0.39 is 15.7 Å². The molecule has 0 saturated heterocycles. The summed E-state index contributed by atoms with van der Waals surface area (Å²) in [7, 11) is 4.74. The Hall–Kier alpha value is -2.65. The Morgan fingerprint density at radius 2 is 1.57 bits per heavy atom. The maximum Gasteiger partial charge on any atom is 0.208 e. The minimum Gasteiger partial charge on any atom is -0.493 e. The van der Waals surface area contributed by atoms with Crippen LogP contribution in [0.3, 0.4) is 0 Å². The lowest BCUT2D eigenvalue weighted by atomic mass is 9.95. The summed E-state index contributed by atoms with van der Waals surface area (Å²) in [6.45, 7) is 8.47. The SMILES string of the molecule is CCSC1Oc2c(cc(OC)c(OC)c2OC)C(c2ccc(OC)c(OS(C)(C)C(C)(C)C)c2)=CC1=O. The highest BCUT2D eigenvalue weighted by atomic mass is 32.3. The van der Waals surface area contributed by atoms with Gasteiger partial charge in [0, 0.05) is 10.3 Å². The maximum atomic E-state index is 13.4. The summed E-state index contributed by atoms with van der Waals surface area (Å²) < 4.78 is 35.4. The van der Waals surface area contributed by atoms with Crippen molar-refractivity contribution in [3.63, 3.8) is 0 Å². The lowest BCUT2D eigenvalue weighted by Gasteiger charge is -2.44. The molecule has 0 fully saturated rings. The molecule has 2 aromatic carbocycles. The molecular formula is C28H38O7S2. The zero-order valence-electron chi connectivity index (χ0n) is 23.3. The third-order valence-electron chi connectivity index (χ3n) is 6.38. The van der Waals surface area contributed by atoms with Crippen LogP contribution in [-0.4, -0.2) is 62.7 Å². The van der Waals surface area contributed by atoms with Crippen LogP contribution in [0.5, 0.6) is 34.5 Å². The van der Waals surface area contributed by atoms with Crippen molar-refractivity contribution in [2.75, 3.05) is 46.7 Å². The zero-order valence-corrected chi connectivity index (χ0v) is 25.0. The molecule has 204 valence electrons. The van der Waals surface area contributed by atoms with Crippen molar-refractivity contribution < 1.29 is 32.7 Å². The third-order valence-corrected chi connectivity index (χ3v) is 10.9. The number of rotatable bonds is 9. The second-order valence-electron chi connectivity index (χ2n) is 9.68. The average Bonchev–Trinajstić information content (AvgIpc) is 2.98. The molecule has 0 N–H and O–H groups in total. The lowest BCUT2D eigenvalue weighted by Crippen LogP contribution is -2.27. The molecule has 0 aliphatic carbocycles. The molecule has 0 saturated carbocycles. The van der Waals surface area contributed by atoms with Crippen LogP contribution in [0.4, 0.5) is 0 Å². The second kappa shape index (κ2) is 11.4. The van der Waals surface area contributed by atoms with Crippen LogP contribution in [0.15, 0.2) is 30.3 Å². The highest BCUT2D eigenvalue weighted by Gasteiger charge is 2.34. The van der Waals surface area contributed by atoms with Gasteiger partial charge >= 0.3 is 0 Å². The fourth-order valence-corrected chi connectivity index (χ4v) is 5.19. The van der Waals surface area contributed by atoms with E-state index in [4.69, 9.17) is 27.9 Å². The van der Waals surface area contributed by atoms with E-state index in [1.165, 1.54) is 26.0 Å². The van der Waals surface area contributed by atoms with E-state index in [0.29, 0.717) is 51.4 Å². The van der Waals surface area contributed by atoms with Gasteiger partial charge in [0.05, 0.1) is 28.4 Å². The van der Waals surface area contributed by atoms with Gasteiger partial charge in [-0.1, -0.05) is 23.3 Å². The number of thioether (sulfide) groups is 1. The van der Waals surface area contributed by atoms with Crippen LogP contribution >= 0.6 is 22.1 Å². The molecule has 1 heterocycles. The van der Waals surface area contributed by atoms with E-state index >= 15 is 0 Å². The predicted octanol–water partition coefficient (Wildman–Crippen LogP) is 6.35. The first-order valence-corrected chi connectivity index (χ1v) is 15.3. The van der Waals surface area contributed by atoms with Gasteiger partial charge in [0.1, 0.15) is 0 Å². The van der Waals surface area contributed by atoms with Crippen molar-refractivity contribution >= 4 is 33.4 Å². The minimum atomic E-state index is -1.51. The normalized spacial score (nSPS) is 16.1. The smallest absolute Gasteiger partial charge is 0.208 e. The molecule has 1 unspecified atom stereocenters. The van der Waals surface area contributed by atoms with Crippen LogP contribution in [0, 0.1) is 0 Å². The largest absolute Gasteiger partial charge is 0.493 e. The number of ketones is 1. The standard InChI is InChI=1S/C28H38O7S2/c1-11-36-27-20(29)15-18(19-16-23(31-6)25(32-7)26(33-8)24(19)34-27)17-12-13-21(30-5)22(14-17)35-37(9,10)28(2,3)4/h12-16,27H,11H2,1-10H3. The van der Waals surface area contributed by atoms with Gasteiger partial charge in [0.2, 0.25) is 22.7 Å². The monoisotopic (exact) mass is 550 g/mol. The molecule has 9 heteroatoms. The maximum absolute atomic E-state index is 13.4. The van der Waals surface area contributed by atoms with Crippen molar-refractivity contribution in [2.45, 2.75) is 37.9 Å². The van der Waals surface area contributed by atoms with Gasteiger partial charge in [0.25, 0.3) is 0 Å². The van der Waals surface area contributed by atoms with E-state index in [1.54, 1.807) is 20.3 Å². The van der Waals surface area contributed by atoms with Gasteiger partial charge in [-0.2, -0.15) is 0 Å². The topological polar surface area (TPSA) is 72.5 Å². The molecular weight excluding hydrogens is 512 g/mol. The van der Waals surface area contributed by atoms with E-state index in [9.17, 15) is 4.79 Å². The summed E-state index contributed by atoms with van der Waals surface area (Å²) in [6, 6.07) is 7.49. The highest BCUT2D eigenvalue weighted by molar-refractivity contribution is 8.30. The number of benzene rings is 2. The Bertz CT molecular complexity index is 1180. The molecule has 1 aliphatic heterocycles. The van der Waals surface area contributed by atoms with Crippen molar-refractivity contribution in [3.05, 3.63) is 41.5 Å². The van der Waals surface area contributed by atoms with Gasteiger partial charge in [-0.3, -0.25) is 4.79 Å². The fraction of sp³-hybridized carbons (Fsp3) is 0.464. The summed E-state index contributed by atoms with van der Waals surface area (Å²) in [5.41, 5.74) is 1.36. The summed E-state index contributed by atoms with van der Waals surface area (Å²) in [5, 5.41) is 0. The zero-order chi connectivity index (χ0) is 27.5. The first-order valence-electron chi connectivity index (χ1n) is 11.9. The number of carbonyl (C=O) groups is 1. The molecule has 0 bridgehead atoms. The van der Waals surface area contributed by atoms with E-state index in [2.05, 4.69) is 33.3 Å². The van der Waals surface area contributed by atoms with Crippen molar-refractivity contribution in [1.82, 2.24) is 0 Å². The summed E-state index contributed by atoms with van der Waals surface area (Å²) in [6.07, 6.45) is 5.88. The quantitative estimate of drug-likeness (QED) is 0.358. The average molecular weight is 551 g/mol. The molecule has 7 nitrogen and oxygen atoms in total. The van der Waals surface area contributed by atoms with Gasteiger partial charge in [-0.15, -0.1) is 11.8 Å². The van der Waals surface area contributed by atoms with E-state index in [-0.39, 0.29) is 10.5 Å². The Labute approximate surface area is 226 Å². The third kappa shape index (κ3) is 5.77. The van der Waals surface area contributed by atoms with E-state index in [0.717, 1.165) is 5.56 Å². The van der Waals surface area contributed by atoms with E-state index in [1.807, 2.05) is 31.2 Å². The molecule has 3 rings (SSSR count). The molecule has 0 amide bonds. The van der Waals surface area contributed by atoms with Gasteiger partial charge in [0.15, 0.2) is 23.0 Å². The summed E-state index contributed by atoms with van der Waals surface area (Å²) >= 11 is 1.41. The number of hydrogen-bond donors (Lipinski definition) is 0. The van der Waals surface area contributed by atoms with Crippen LogP contribution in [0.1, 0.15) is 38.8 Å². The lowest BCUT2D eigenvalue weighted by molar-refractivity contribution is -0.117. The minimum absolute atomic E-state index is 0.0616. The molecule has 1 atom stereocenters. The second-order valence-corrected chi connectivity index (χ2v) is 14.9. The summed E-state index contributed by atoms with van der Waals surface area (Å²) in [5.74, 6) is 3.42. The van der Waals surface area contributed by atoms with Gasteiger partial charge in [-0.25, -0.2) is 0 Å². The van der Waals surface area contributed by atoms with Crippen LogP contribution in [0.25, 0.3) is 5.57 Å². The molecule has 0 spiro atoms. The van der Waals surface area contributed by atoms with Crippen LogP contribution in [-0.2, 0) is 4.79 Å².